The van der Waals surface area contributed by atoms with Gasteiger partial charge in [-0.2, -0.15) is 0 Å². The smallest absolute Gasteiger partial charge is 0.227 e. The van der Waals surface area contributed by atoms with Gasteiger partial charge in [-0.3, -0.25) is 4.79 Å². The molecule has 50 heavy (non-hydrogen) atoms. The Bertz CT molecular complexity index is 2520. The van der Waals surface area contributed by atoms with Crippen LogP contribution in [0.3, 0.4) is 0 Å². The molecule has 0 aliphatic heterocycles. The minimum Gasteiger partial charge on any atom is -0.496 e. The van der Waals surface area contributed by atoms with Gasteiger partial charge in [-0.05, 0) is 78.9 Å². The number of fused-ring (bicyclic) bond motifs is 2. The number of benzene rings is 4. The zero-order valence-corrected chi connectivity index (χ0v) is 30.1. The van der Waals surface area contributed by atoms with Crippen LogP contribution in [0.25, 0.3) is 66.8 Å². The van der Waals surface area contributed by atoms with Crippen LogP contribution in [0.4, 0.5) is 0 Å². The molecule has 4 aromatic heterocycles. The molecule has 0 fully saturated rings. The summed E-state index contributed by atoms with van der Waals surface area (Å²) in [4.78, 5) is 30.4. The number of hydrogen-bond acceptors (Lipinski definition) is 5. The Labute approximate surface area is 304 Å². The largest absolute Gasteiger partial charge is 0.496 e. The number of nitrogens with one attached hydrogen (secondary N) is 2. The minimum absolute atomic E-state index is 0.186. The van der Waals surface area contributed by atoms with Gasteiger partial charge in [-0.25, -0.2) is 9.97 Å². The van der Waals surface area contributed by atoms with Gasteiger partial charge in [0, 0.05) is 53.0 Å². The highest BCUT2D eigenvalue weighted by Crippen LogP contribution is 2.43. The molecule has 0 spiro atoms. The summed E-state index contributed by atoms with van der Waals surface area (Å²) in [5, 5.41) is 2.05. The summed E-state index contributed by atoms with van der Waals surface area (Å²) < 4.78 is 13.4. The number of ether oxygens (including phenoxy) is 2. The highest BCUT2D eigenvalue weighted by atomic mass is 79.9. The average Bonchev–Trinajstić information content (AvgIpc) is 3.79. The molecule has 4 aromatic carbocycles. The molecule has 8 rings (SSSR count). The summed E-state index contributed by atoms with van der Waals surface area (Å²) in [7, 11) is 3.29. The van der Waals surface area contributed by atoms with Gasteiger partial charge in [0.05, 0.1) is 42.7 Å². The lowest BCUT2D eigenvalue weighted by molar-refractivity contribution is 0.103. The number of nitrogens with zero attached hydrogens (tertiary/aromatic N) is 2. The molecule has 0 radical (unpaired) electrons. The fourth-order valence-electron chi connectivity index (χ4n) is 6.29. The number of aromatic nitrogens is 4. The third kappa shape index (κ3) is 5.78. The van der Waals surface area contributed by atoms with E-state index < -0.39 is 0 Å². The average molecular weight is 785 g/mol. The van der Waals surface area contributed by atoms with Gasteiger partial charge in [0.1, 0.15) is 17.2 Å². The predicted octanol–water partition coefficient (Wildman–Crippen LogP) is 10.9. The van der Waals surface area contributed by atoms with E-state index in [2.05, 4.69) is 66.1 Å². The molecule has 2 N–H and O–H groups in total. The van der Waals surface area contributed by atoms with E-state index in [4.69, 9.17) is 19.4 Å². The maximum absolute atomic E-state index is 13.5. The number of hydrogen-bond donors (Lipinski definition) is 2. The van der Waals surface area contributed by atoms with Crippen molar-refractivity contribution in [3.8, 4) is 56.5 Å². The number of aromatic amines is 2. The van der Waals surface area contributed by atoms with Crippen LogP contribution >= 0.6 is 31.9 Å². The van der Waals surface area contributed by atoms with Gasteiger partial charge in [0.2, 0.25) is 5.78 Å². The maximum Gasteiger partial charge on any atom is 0.227 e. The number of H-pyrrole nitrogens is 2. The Kier molecular flexibility index (Phi) is 8.30. The van der Waals surface area contributed by atoms with Crippen molar-refractivity contribution < 1.29 is 14.3 Å². The normalized spacial score (nSPS) is 11.3. The molecular formula is C41H28Br2N4O3. The van der Waals surface area contributed by atoms with E-state index in [0.717, 1.165) is 75.8 Å². The molecule has 7 nitrogen and oxygen atoms in total. The van der Waals surface area contributed by atoms with Gasteiger partial charge < -0.3 is 19.4 Å². The van der Waals surface area contributed by atoms with Gasteiger partial charge in [-0.15, -0.1) is 0 Å². The van der Waals surface area contributed by atoms with Crippen LogP contribution in [-0.2, 0) is 0 Å². The number of methoxy groups -OCH3 is 2. The van der Waals surface area contributed by atoms with E-state index in [1.165, 1.54) is 0 Å². The molecular weight excluding hydrogens is 756 g/mol. The first-order valence-electron chi connectivity index (χ1n) is 15.8. The van der Waals surface area contributed by atoms with Crippen molar-refractivity contribution in [2.75, 3.05) is 14.2 Å². The van der Waals surface area contributed by atoms with Crippen LogP contribution in [0.5, 0.6) is 11.5 Å². The van der Waals surface area contributed by atoms with E-state index in [0.29, 0.717) is 22.8 Å². The van der Waals surface area contributed by atoms with Crippen molar-refractivity contribution in [1.29, 1.82) is 0 Å². The van der Waals surface area contributed by atoms with E-state index in [9.17, 15) is 4.79 Å². The zero-order valence-electron chi connectivity index (χ0n) is 26.9. The first-order valence-corrected chi connectivity index (χ1v) is 17.4. The molecule has 0 aliphatic rings. The highest BCUT2D eigenvalue weighted by Gasteiger charge is 2.21. The van der Waals surface area contributed by atoms with Crippen molar-refractivity contribution in [3.63, 3.8) is 0 Å². The summed E-state index contributed by atoms with van der Waals surface area (Å²) in [6.45, 7) is 0. The van der Waals surface area contributed by atoms with E-state index in [1.807, 2.05) is 91.0 Å². The molecule has 0 saturated carbocycles. The summed E-state index contributed by atoms with van der Waals surface area (Å²) in [5.74, 6) is 1.14. The molecule has 0 amide bonds. The molecule has 9 heteroatoms. The van der Waals surface area contributed by atoms with Crippen LogP contribution in [0.1, 0.15) is 16.2 Å². The van der Waals surface area contributed by atoms with Gasteiger partial charge >= 0.3 is 0 Å². The predicted molar refractivity (Wildman–Crippen MR) is 206 cm³/mol. The van der Waals surface area contributed by atoms with Crippen LogP contribution in [0.2, 0.25) is 0 Å². The van der Waals surface area contributed by atoms with Gasteiger partial charge in [-0.1, -0.05) is 74.3 Å². The van der Waals surface area contributed by atoms with Crippen molar-refractivity contribution in [1.82, 2.24) is 19.9 Å². The number of rotatable bonds is 8. The lowest BCUT2D eigenvalue weighted by atomic mass is 9.97. The molecule has 0 atom stereocenters. The second kappa shape index (κ2) is 13.1. The maximum atomic E-state index is 13.5. The summed E-state index contributed by atoms with van der Waals surface area (Å²) >= 11 is 7.47. The minimum atomic E-state index is -0.186. The van der Waals surface area contributed by atoms with Gasteiger partial charge in [0.15, 0.2) is 0 Å². The monoisotopic (exact) mass is 782 g/mol. The first kappa shape index (κ1) is 31.7. The molecule has 0 unspecified atom stereocenters. The molecule has 0 aliphatic carbocycles. The Morgan fingerprint density at radius 2 is 1.30 bits per heavy atom. The number of carbonyl (C=O) groups is 1. The number of ketones is 1. The standard InChI is InChI=1S/C41H28Br2N4O3/c1-49-38-17-14-25(42)20-28(38)34-16-15-26(40(47-34)36-18-23-8-3-5-10-31(23)44-36)27-22-39(50-2)29(21-30(27)43)33-12-7-13-35(46-33)41(48)37-19-24-9-4-6-11-32(24)45-37/h3-22,44-45H,1-2H3. The van der Waals surface area contributed by atoms with E-state index in [-0.39, 0.29) is 5.78 Å². The van der Waals surface area contributed by atoms with Gasteiger partial charge in [0.25, 0.3) is 0 Å². The van der Waals surface area contributed by atoms with E-state index in [1.54, 1.807) is 20.3 Å². The number of halogens is 2. The summed E-state index contributed by atoms with van der Waals surface area (Å²) in [6.07, 6.45) is 0. The molecule has 4 heterocycles. The number of carbonyl (C=O) groups excluding carboxylic acids is 1. The van der Waals surface area contributed by atoms with Crippen molar-refractivity contribution in [2.24, 2.45) is 0 Å². The zero-order chi connectivity index (χ0) is 34.4. The topological polar surface area (TPSA) is 92.9 Å². The van der Waals surface area contributed by atoms with Crippen molar-refractivity contribution in [2.45, 2.75) is 0 Å². The van der Waals surface area contributed by atoms with Crippen molar-refractivity contribution in [3.05, 3.63) is 142 Å². The molecule has 0 saturated heterocycles. The highest BCUT2D eigenvalue weighted by molar-refractivity contribution is 9.10. The first-order chi connectivity index (χ1) is 24.4. The number of pyridine rings is 2. The molecule has 244 valence electrons. The van der Waals surface area contributed by atoms with Crippen LogP contribution < -0.4 is 9.47 Å². The Balaban J connectivity index is 1.24. The second-order valence-electron chi connectivity index (χ2n) is 11.7. The van der Waals surface area contributed by atoms with Crippen LogP contribution in [-0.4, -0.2) is 39.9 Å². The fourth-order valence-corrected chi connectivity index (χ4v) is 7.20. The van der Waals surface area contributed by atoms with E-state index >= 15 is 0 Å². The van der Waals surface area contributed by atoms with Crippen LogP contribution in [0, 0.1) is 0 Å². The lowest BCUT2D eigenvalue weighted by Crippen LogP contribution is -2.05. The van der Waals surface area contributed by atoms with Crippen molar-refractivity contribution >= 4 is 59.4 Å². The fraction of sp³-hybridized carbons (Fsp3) is 0.0488. The Morgan fingerprint density at radius 1 is 0.600 bits per heavy atom. The third-order valence-corrected chi connectivity index (χ3v) is 9.88. The summed E-state index contributed by atoms with van der Waals surface area (Å²) in [5.41, 5.74) is 9.13. The Morgan fingerprint density at radius 3 is 2.04 bits per heavy atom. The third-order valence-electron chi connectivity index (χ3n) is 8.73. The summed E-state index contributed by atoms with van der Waals surface area (Å²) in [6, 6.07) is 39.3. The Hall–Kier alpha value is -5.51. The SMILES string of the molecule is COc1cc(-c2ccc(-c3cc(Br)ccc3OC)nc2-c2cc3ccccc3[nH]2)c(Br)cc1-c1cccc(C(=O)c2cc3ccccc3[nH]2)n1. The molecule has 0 bridgehead atoms. The molecule has 8 aromatic rings. The van der Waals surface area contributed by atoms with Crippen LogP contribution in [0.15, 0.2) is 130 Å². The second-order valence-corrected chi connectivity index (χ2v) is 13.5. The number of para-hydroxylation sites is 2. The lowest BCUT2D eigenvalue weighted by Gasteiger charge is -2.17. The quantitative estimate of drug-likeness (QED) is 0.150.